The molecule has 0 N–H and O–H groups in total. The lowest BCUT2D eigenvalue weighted by atomic mass is 9.82. The number of halogens is 1. The van der Waals surface area contributed by atoms with Gasteiger partial charge in [0.15, 0.2) is 5.78 Å². The zero-order chi connectivity index (χ0) is 22.7. The van der Waals surface area contributed by atoms with Crippen LogP contribution >= 0.6 is 11.6 Å². The molecule has 2 aromatic rings. The van der Waals surface area contributed by atoms with Gasteiger partial charge in [0.25, 0.3) is 0 Å². The van der Waals surface area contributed by atoms with E-state index in [1.54, 1.807) is 13.2 Å². The van der Waals surface area contributed by atoms with Crippen molar-refractivity contribution in [3.63, 3.8) is 0 Å². The minimum atomic E-state index is -0.531. The molecule has 170 valence electrons. The summed E-state index contributed by atoms with van der Waals surface area (Å²) in [5.74, 6) is 2.35. The average molecular weight is 458 g/mol. The molecule has 4 rings (SSSR count). The first-order valence-electron chi connectivity index (χ1n) is 11.0. The molecule has 0 radical (unpaired) electrons. The molecular weight excluding hydrogens is 430 g/mol. The predicted octanol–water partition coefficient (Wildman–Crippen LogP) is 4.84. The maximum atomic E-state index is 12.8. The zero-order valence-electron chi connectivity index (χ0n) is 18.5. The van der Waals surface area contributed by atoms with Gasteiger partial charge >= 0.3 is 0 Å². The molecule has 0 unspecified atom stereocenters. The second-order valence-electron chi connectivity index (χ2n) is 8.49. The Morgan fingerprint density at radius 2 is 1.84 bits per heavy atom. The van der Waals surface area contributed by atoms with Crippen LogP contribution in [0.5, 0.6) is 17.2 Å². The van der Waals surface area contributed by atoms with E-state index in [1.807, 2.05) is 42.2 Å². The number of carbonyl (C=O) groups is 2. The molecule has 1 spiro atoms. The monoisotopic (exact) mass is 457 g/mol. The van der Waals surface area contributed by atoms with Gasteiger partial charge in [-0.15, -0.1) is 0 Å². The van der Waals surface area contributed by atoms with Crippen LogP contribution < -0.4 is 14.2 Å². The van der Waals surface area contributed by atoms with Crippen LogP contribution in [0.2, 0.25) is 5.02 Å². The van der Waals surface area contributed by atoms with Crippen molar-refractivity contribution >= 4 is 23.3 Å². The first-order chi connectivity index (χ1) is 15.4. The van der Waals surface area contributed by atoms with E-state index in [2.05, 4.69) is 0 Å². The largest absolute Gasteiger partial charge is 0.497 e. The highest BCUT2D eigenvalue weighted by atomic mass is 35.5. The Morgan fingerprint density at radius 1 is 1.16 bits per heavy atom. The van der Waals surface area contributed by atoms with Gasteiger partial charge in [-0.05, 0) is 55.3 Å². The number of nitrogens with zero attached hydrogens (tertiary/aromatic N) is 1. The summed E-state index contributed by atoms with van der Waals surface area (Å²) in [4.78, 5) is 27.3. The Kier molecular flexibility index (Phi) is 6.60. The van der Waals surface area contributed by atoms with Gasteiger partial charge in [-0.3, -0.25) is 9.59 Å². The van der Waals surface area contributed by atoms with Crippen molar-refractivity contribution in [3.05, 3.63) is 52.5 Å². The number of Topliss-reactive ketones (excluding diaryl/α,β-unsaturated/α-hetero) is 1. The highest BCUT2D eigenvalue weighted by molar-refractivity contribution is 6.31. The number of methoxy groups -OCH3 is 1. The lowest BCUT2D eigenvalue weighted by Gasteiger charge is -2.44. The molecule has 0 atom stereocenters. The van der Waals surface area contributed by atoms with Crippen LogP contribution in [0.15, 0.2) is 36.4 Å². The first-order valence-corrected chi connectivity index (χ1v) is 11.3. The van der Waals surface area contributed by atoms with Crippen LogP contribution in [0, 0.1) is 6.92 Å². The van der Waals surface area contributed by atoms with E-state index < -0.39 is 5.60 Å². The molecule has 2 heterocycles. The fourth-order valence-electron chi connectivity index (χ4n) is 4.40. The van der Waals surface area contributed by atoms with Gasteiger partial charge in [-0.25, -0.2) is 0 Å². The molecule has 7 heteroatoms. The van der Waals surface area contributed by atoms with Gasteiger partial charge in [0.05, 0.1) is 25.7 Å². The summed E-state index contributed by atoms with van der Waals surface area (Å²) >= 11 is 6.11. The number of likely N-dealkylation sites (tertiary alicyclic amines) is 1. The van der Waals surface area contributed by atoms with Gasteiger partial charge in [0.1, 0.15) is 22.8 Å². The second-order valence-corrected chi connectivity index (χ2v) is 8.93. The summed E-state index contributed by atoms with van der Waals surface area (Å²) in [6.07, 6.45) is 2.71. The lowest BCUT2D eigenvalue weighted by molar-refractivity contribution is -0.135. The Labute approximate surface area is 193 Å². The summed E-state index contributed by atoms with van der Waals surface area (Å²) < 4.78 is 17.2. The Balaban J connectivity index is 1.26. The van der Waals surface area contributed by atoms with Crippen LogP contribution in [0.25, 0.3) is 0 Å². The molecule has 1 amide bonds. The minimum Gasteiger partial charge on any atom is -0.497 e. The molecule has 2 aliphatic rings. The number of piperidine rings is 1. The zero-order valence-corrected chi connectivity index (χ0v) is 19.2. The SMILES string of the molecule is COc1ccc(OCCCC(=O)N2CCC3(CC2)CC(=O)c2cc(Cl)cc(C)c2O3)cc1. The molecule has 2 aliphatic heterocycles. The third-order valence-electron chi connectivity index (χ3n) is 6.23. The normalized spacial score (nSPS) is 17.0. The molecule has 32 heavy (non-hydrogen) atoms. The van der Waals surface area contributed by atoms with E-state index >= 15 is 0 Å². The van der Waals surface area contributed by atoms with Gasteiger partial charge in [0.2, 0.25) is 5.91 Å². The van der Waals surface area contributed by atoms with E-state index in [0.717, 1.165) is 17.1 Å². The van der Waals surface area contributed by atoms with Crippen molar-refractivity contribution in [2.75, 3.05) is 26.8 Å². The Bertz CT molecular complexity index is 996. The topological polar surface area (TPSA) is 65.1 Å². The van der Waals surface area contributed by atoms with Crippen LogP contribution in [0.3, 0.4) is 0 Å². The highest BCUT2D eigenvalue weighted by Crippen LogP contribution is 2.42. The molecule has 0 aromatic heterocycles. The fourth-order valence-corrected chi connectivity index (χ4v) is 4.67. The molecule has 1 saturated heterocycles. The van der Waals surface area contributed by atoms with Crippen molar-refractivity contribution in [1.29, 1.82) is 0 Å². The maximum Gasteiger partial charge on any atom is 0.222 e. The molecule has 1 fully saturated rings. The molecule has 0 saturated carbocycles. The van der Waals surface area contributed by atoms with Crippen molar-refractivity contribution in [2.45, 2.75) is 44.6 Å². The highest BCUT2D eigenvalue weighted by Gasteiger charge is 2.44. The van der Waals surface area contributed by atoms with Gasteiger partial charge in [-0.2, -0.15) is 0 Å². The van der Waals surface area contributed by atoms with Crippen LogP contribution in [-0.4, -0.2) is 49.0 Å². The van der Waals surface area contributed by atoms with E-state index in [9.17, 15) is 9.59 Å². The number of hydrogen-bond donors (Lipinski definition) is 0. The molecule has 6 nitrogen and oxygen atoms in total. The van der Waals surface area contributed by atoms with E-state index in [1.165, 1.54) is 0 Å². The van der Waals surface area contributed by atoms with Crippen molar-refractivity contribution in [3.8, 4) is 17.2 Å². The Morgan fingerprint density at radius 3 is 2.53 bits per heavy atom. The number of fused-ring (bicyclic) bond motifs is 1. The molecule has 0 bridgehead atoms. The summed E-state index contributed by atoms with van der Waals surface area (Å²) in [7, 11) is 1.62. The van der Waals surface area contributed by atoms with E-state index in [4.69, 9.17) is 25.8 Å². The van der Waals surface area contributed by atoms with Crippen LogP contribution in [-0.2, 0) is 4.79 Å². The number of ketones is 1. The quantitative estimate of drug-likeness (QED) is 0.580. The third kappa shape index (κ3) is 4.85. The third-order valence-corrected chi connectivity index (χ3v) is 6.45. The number of rotatable bonds is 6. The van der Waals surface area contributed by atoms with Crippen molar-refractivity contribution in [1.82, 2.24) is 4.90 Å². The number of carbonyl (C=O) groups excluding carboxylic acids is 2. The molecule has 0 aliphatic carbocycles. The average Bonchev–Trinajstić information content (AvgIpc) is 2.78. The second kappa shape index (κ2) is 9.41. The standard InChI is InChI=1S/C25H28ClNO5/c1-17-14-18(26)15-21-22(28)16-25(32-24(17)21)9-11-27(12-10-25)23(29)4-3-13-31-20-7-5-19(30-2)6-8-20/h5-8,14-15H,3-4,9-13,16H2,1-2H3. The van der Waals surface area contributed by atoms with Gasteiger partial charge in [0, 0.05) is 37.4 Å². The Hall–Kier alpha value is -2.73. The van der Waals surface area contributed by atoms with Crippen molar-refractivity contribution in [2.24, 2.45) is 0 Å². The molecule has 2 aromatic carbocycles. The number of amides is 1. The van der Waals surface area contributed by atoms with Gasteiger partial charge in [-0.1, -0.05) is 11.6 Å². The van der Waals surface area contributed by atoms with Crippen LogP contribution in [0.4, 0.5) is 0 Å². The smallest absolute Gasteiger partial charge is 0.222 e. The number of aryl methyl sites for hydroxylation is 1. The number of hydrogen-bond acceptors (Lipinski definition) is 5. The maximum absolute atomic E-state index is 12.8. The van der Waals surface area contributed by atoms with E-state index in [0.29, 0.717) is 68.1 Å². The molecular formula is C25H28ClNO5. The first kappa shape index (κ1) is 22.5. The lowest BCUT2D eigenvalue weighted by Crippen LogP contribution is -2.52. The van der Waals surface area contributed by atoms with Crippen LogP contribution in [0.1, 0.15) is 48.0 Å². The number of ether oxygens (including phenoxy) is 3. The summed E-state index contributed by atoms with van der Waals surface area (Å²) in [6, 6.07) is 10.9. The summed E-state index contributed by atoms with van der Waals surface area (Å²) in [5, 5.41) is 0.547. The van der Waals surface area contributed by atoms with Gasteiger partial charge < -0.3 is 19.1 Å². The summed E-state index contributed by atoms with van der Waals surface area (Å²) in [6.45, 7) is 3.57. The van der Waals surface area contributed by atoms with E-state index in [-0.39, 0.29) is 11.7 Å². The van der Waals surface area contributed by atoms with Crippen molar-refractivity contribution < 1.29 is 23.8 Å². The minimum absolute atomic E-state index is 0.0623. The summed E-state index contributed by atoms with van der Waals surface area (Å²) in [5.41, 5.74) is 0.906. The fraction of sp³-hybridized carbons (Fsp3) is 0.440. The number of benzene rings is 2. The predicted molar refractivity (Wildman–Crippen MR) is 122 cm³/mol.